The quantitative estimate of drug-likeness (QED) is 0.922. The van der Waals surface area contributed by atoms with Gasteiger partial charge in [0.25, 0.3) is 0 Å². The summed E-state index contributed by atoms with van der Waals surface area (Å²) in [6, 6.07) is 13.8. The van der Waals surface area contributed by atoms with Crippen LogP contribution in [0.1, 0.15) is 36.9 Å². The van der Waals surface area contributed by atoms with Gasteiger partial charge in [-0.05, 0) is 55.2 Å². The number of carbonyl (C=O) groups is 1. The van der Waals surface area contributed by atoms with Crippen LogP contribution in [0.25, 0.3) is 0 Å². The molecule has 2 aromatic rings. The lowest BCUT2D eigenvalue weighted by molar-refractivity contribution is 0.186. The average molecular weight is 328 g/mol. The second kappa shape index (κ2) is 6.91. The minimum atomic E-state index is -0.373. The van der Waals surface area contributed by atoms with Crippen molar-refractivity contribution in [3.05, 3.63) is 65.5 Å². The van der Waals surface area contributed by atoms with Gasteiger partial charge in [0.05, 0.1) is 6.04 Å². The molecule has 2 amide bonds. The number of benzene rings is 2. The molecule has 1 unspecified atom stereocenters. The van der Waals surface area contributed by atoms with Crippen LogP contribution in [0.4, 0.5) is 9.18 Å². The van der Waals surface area contributed by atoms with Crippen LogP contribution >= 0.6 is 0 Å². The number of ether oxygens (including phenoxy) is 1. The third-order valence-corrected chi connectivity index (χ3v) is 4.51. The predicted octanol–water partition coefficient (Wildman–Crippen LogP) is 4.01. The Bertz CT molecular complexity index is 700. The maximum atomic E-state index is 12.9. The van der Waals surface area contributed by atoms with Gasteiger partial charge in [-0.15, -0.1) is 0 Å². The number of amides is 2. The molecule has 5 heteroatoms. The minimum absolute atomic E-state index is 0.0312. The minimum Gasteiger partial charge on any atom is -0.489 e. The van der Waals surface area contributed by atoms with Crippen LogP contribution in [-0.4, -0.2) is 17.0 Å². The van der Waals surface area contributed by atoms with E-state index >= 15 is 0 Å². The van der Waals surface area contributed by atoms with Crippen molar-refractivity contribution in [2.45, 2.75) is 38.5 Å². The highest BCUT2D eigenvalue weighted by Crippen LogP contribution is 2.36. The van der Waals surface area contributed by atoms with E-state index in [4.69, 9.17) is 10.5 Å². The zero-order chi connectivity index (χ0) is 17.1. The standard InChI is InChI=1S/C19H21FN2O2/c1-13-2-11-18(22(13)19(21)23)15-5-9-17(10-6-15)24-12-14-3-7-16(20)8-4-14/h3-10,13,18H,2,11-12H2,1H3,(H2,21,23)/t13?,18-/m1/s1. The molecule has 2 aromatic carbocycles. The Hall–Kier alpha value is -2.56. The number of nitrogens with two attached hydrogens (primary N) is 1. The first-order valence-corrected chi connectivity index (χ1v) is 8.09. The van der Waals surface area contributed by atoms with Crippen LogP contribution in [0.3, 0.4) is 0 Å². The summed E-state index contributed by atoms with van der Waals surface area (Å²) in [5.41, 5.74) is 7.47. The normalized spacial score (nSPS) is 20.2. The fourth-order valence-corrected chi connectivity index (χ4v) is 3.22. The van der Waals surface area contributed by atoms with E-state index in [0.29, 0.717) is 6.61 Å². The third kappa shape index (κ3) is 3.50. The molecule has 2 atom stereocenters. The van der Waals surface area contributed by atoms with Crippen molar-refractivity contribution in [3.63, 3.8) is 0 Å². The van der Waals surface area contributed by atoms with Gasteiger partial charge in [0.1, 0.15) is 18.2 Å². The van der Waals surface area contributed by atoms with Gasteiger partial charge < -0.3 is 15.4 Å². The van der Waals surface area contributed by atoms with Crippen molar-refractivity contribution in [2.24, 2.45) is 5.73 Å². The fraction of sp³-hybridized carbons (Fsp3) is 0.316. The molecule has 3 rings (SSSR count). The van der Waals surface area contributed by atoms with E-state index in [9.17, 15) is 9.18 Å². The fourth-order valence-electron chi connectivity index (χ4n) is 3.22. The molecule has 1 saturated heterocycles. The zero-order valence-electron chi connectivity index (χ0n) is 13.6. The van der Waals surface area contributed by atoms with Gasteiger partial charge in [-0.2, -0.15) is 0 Å². The van der Waals surface area contributed by atoms with E-state index in [2.05, 4.69) is 0 Å². The first kappa shape index (κ1) is 16.3. The molecular formula is C19H21FN2O2. The topological polar surface area (TPSA) is 55.6 Å². The lowest BCUT2D eigenvalue weighted by Crippen LogP contribution is -2.39. The van der Waals surface area contributed by atoms with Crippen LogP contribution in [-0.2, 0) is 6.61 Å². The first-order chi connectivity index (χ1) is 11.5. The monoisotopic (exact) mass is 328 g/mol. The molecule has 0 spiro atoms. The Morgan fingerprint density at radius 2 is 1.83 bits per heavy atom. The van der Waals surface area contributed by atoms with E-state index in [1.807, 2.05) is 31.2 Å². The summed E-state index contributed by atoms with van der Waals surface area (Å²) in [7, 11) is 0. The predicted molar refractivity (Wildman–Crippen MR) is 90.0 cm³/mol. The van der Waals surface area contributed by atoms with E-state index in [1.165, 1.54) is 12.1 Å². The molecule has 0 radical (unpaired) electrons. The summed E-state index contributed by atoms with van der Waals surface area (Å²) < 4.78 is 18.6. The summed E-state index contributed by atoms with van der Waals surface area (Å²) in [6.45, 7) is 2.40. The number of halogens is 1. The van der Waals surface area contributed by atoms with E-state index in [0.717, 1.165) is 29.7 Å². The largest absolute Gasteiger partial charge is 0.489 e. The number of nitrogens with zero attached hydrogens (tertiary/aromatic N) is 1. The van der Waals surface area contributed by atoms with Gasteiger partial charge in [-0.3, -0.25) is 0 Å². The molecule has 126 valence electrons. The molecule has 1 aliphatic heterocycles. The molecule has 0 bridgehead atoms. The van der Waals surface area contributed by atoms with E-state index in [-0.39, 0.29) is 23.9 Å². The molecule has 24 heavy (non-hydrogen) atoms. The van der Waals surface area contributed by atoms with Crippen molar-refractivity contribution >= 4 is 6.03 Å². The number of carbonyl (C=O) groups excluding carboxylic acids is 1. The SMILES string of the molecule is CC1CC[C@H](c2ccc(OCc3ccc(F)cc3)cc2)N1C(N)=O. The average Bonchev–Trinajstić information content (AvgIpc) is 2.97. The first-order valence-electron chi connectivity index (χ1n) is 8.09. The van der Waals surface area contributed by atoms with Crippen molar-refractivity contribution in [1.82, 2.24) is 4.90 Å². The van der Waals surface area contributed by atoms with E-state index in [1.54, 1.807) is 17.0 Å². The lowest BCUT2D eigenvalue weighted by Gasteiger charge is -2.27. The van der Waals surface area contributed by atoms with Crippen LogP contribution in [0.5, 0.6) is 5.75 Å². The summed E-state index contributed by atoms with van der Waals surface area (Å²) in [6.07, 6.45) is 1.87. The second-order valence-corrected chi connectivity index (χ2v) is 6.17. The van der Waals surface area contributed by atoms with Gasteiger partial charge in [0, 0.05) is 6.04 Å². The molecule has 2 N–H and O–H groups in total. The molecule has 1 fully saturated rings. The number of primary amides is 1. The van der Waals surface area contributed by atoms with Crippen molar-refractivity contribution in [2.75, 3.05) is 0 Å². The van der Waals surface area contributed by atoms with Gasteiger partial charge >= 0.3 is 6.03 Å². The molecular weight excluding hydrogens is 307 g/mol. The zero-order valence-corrected chi connectivity index (χ0v) is 13.6. The number of hydrogen-bond acceptors (Lipinski definition) is 2. The van der Waals surface area contributed by atoms with Gasteiger partial charge in [-0.25, -0.2) is 9.18 Å². The molecule has 0 aliphatic carbocycles. The number of urea groups is 1. The van der Waals surface area contributed by atoms with Crippen molar-refractivity contribution < 1.29 is 13.9 Å². The highest BCUT2D eigenvalue weighted by Gasteiger charge is 2.33. The van der Waals surface area contributed by atoms with Gasteiger partial charge in [0.2, 0.25) is 0 Å². The molecule has 1 aliphatic rings. The third-order valence-electron chi connectivity index (χ3n) is 4.51. The number of hydrogen-bond donors (Lipinski definition) is 1. The van der Waals surface area contributed by atoms with Gasteiger partial charge in [-0.1, -0.05) is 24.3 Å². The Labute approximate surface area is 141 Å². The summed E-state index contributed by atoms with van der Waals surface area (Å²) in [4.78, 5) is 13.4. The molecule has 1 heterocycles. The van der Waals surface area contributed by atoms with Crippen molar-refractivity contribution in [1.29, 1.82) is 0 Å². The molecule has 4 nitrogen and oxygen atoms in total. The Morgan fingerprint density at radius 1 is 1.17 bits per heavy atom. The van der Waals surface area contributed by atoms with Crippen LogP contribution in [0.2, 0.25) is 0 Å². The molecule has 0 saturated carbocycles. The smallest absolute Gasteiger partial charge is 0.315 e. The van der Waals surface area contributed by atoms with Crippen LogP contribution < -0.4 is 10.5 Å². The molecule has 0 aromatic heterocycles. The lowest BCUT2D eigenvalue weighted by atomic mass is 10.0. The van der Waals surface area contributed by atoms with Crippen LogP contribution in [0, 0.1) is 5.82 Å². The van der Waals surface area contributed by atoms with E-state index < -0.39 is 0 Å². The maximum Gasteiger partial charge on any atom is 0.315 e. The Kier molecular flexibility index (Phi) is 4.69. The number of rotatable bonds is 4. The summed E-state index contributed by atoms with van der Waals surface area (Å²) >= 11 is 0. The Morgan fingerprint density at radius 3 is 2.46 bits per heavy atom. The van der Waals surface area contributed by atoms with Crippen molar-refractivity contribution in [3.8, 4) is 5.75 Å². The second-order valence-electron chi connectivity index (χ2n) is 6.17. The Balaban J connectivity index is 1.65. The highest BCUT2D eigenvalue weighted by atomic mass is 19.1. The number of likely N-dealkylation sites (tertiary alicyclic amines) is 1. The van der Waals surface area contributed by atoms with Crippen LogP contribution in [0.15, 0.2) is 48.5 Å². The summed E-state index contributed by atoms with van der Waals surface area (Å²) in [5.74, 6) is 0.479. The highest BCUT2D eigenvalue weighted by molar-refractivity contribution is 5.73. The maximum absolute atomic E-state index is 12.9. The van der Waals surface area contributed by atoms with Gasteiger partial charge in [0.15, 0.2) is 0 Å². The summed E-state index contributed by atoms with van der Waals surface area (Å²) in [5, 5.41) is 0.